The van der Waals surface area contributed by atoms with E-state index in [1.165, 1.54) is 10.8 Å². The molecule has 6 aromatic carbocycles. The molecule has 0 fully saturated rings. The predicted octanol–water partition coefficient (Wildman–Crippen LogP) is 10.6. The van der Waals surface area contributed by atoms with E-state index in [0.717, 1.165) is 60.6 Å². The first kappa shape index (κ1) is 22.2. The molecular formula is C36H19N3O. The minimum atomic E-state index is 0.455. The van der Waals surface area contributed by atoms with Crippen molar-refractivity contribution < 1.29 is 4.42 Å². The Morgan fingerprint density at radius 2 is 1.18 bits per heavy atom. The van der Waals surface area contributed by atoms with Gasteiger partial charge in [0, 0.05) is 27.2 Å². The Morgan fingerprint density at radius 1 is 0.525 bits per heavy atom. The van der Waals surface area contributed by atoms with Gasteiger partial charge in [0.05, 0.1) is 24.2 Å². The lowest BCUT2D eigenvalue weighted by atomic mass is 9.99. The first-order valence-electron chi connectivity index (χ1n) is 13.0. The van der Waals surface area contributed by atoms with Crippen molar-refractivity contribution in [2.45, 2.75) is 0 Å². The molecule has 0 amide bonds. The van der Waals surface area contributed by atoms with E-state index < -0.39 is 0 Å². The van der Waals surface area contributed by atoms with Crippen LogP contribution in [0.15, 0.2) is 120 Å². The molecule has 0 spiro atoms. The maximum Gasteiger partial charge on any atom is 0.179 e. The molecule has 4 heteroatoms. The van der Waals surface area contributed by atoms with Crippen molar-refractivity contribution in [2.24, 2.45) is 0 Å². The molecule has 0 aliphatic carbocycles. The molecule has 0 unspecified atom stereocenters. The Bertz CT molecular complexity index is 2380. The van der Waals surface area contributed by atoms with E-state index in [1.54, 1.807) is 6.07 Å². The van der Waals surface area contributed by atoms with Crippen LogP contribution in [0.4, 0.5) is 11.4 Å². The largest absolute Gasteiger partial charge is 0.456 e. The van der Waals surface area contributed by atoms with E-state index >= 15 is 0 Å². The molecule has 8 rings (SSSR count). The summed E-state index contributed by atoms with van der Waals surface area (Å²) in [5, 5.41) is 6.83. The van der Waals surface area contributed by atoms with E-state index in [2.05, 4.69) is 93.1 Å². The van der Waals surface area contributed by atoms with E-state index in [-0.39, 0.29) is 0 Å². The number of rotatable bonds is 2. The molecular weight excluding hydrogens is 490 g/mol. The molecule has 0 saturated carbocycles. The first-order valence-corrected chi connectivity index (χ1v) is 13.0. The van der Waals surface area contributed by atoms with Crippen molar-refractivity contribution in [1.29, 1.82) is 0 Å². The van der Waals surface area contributed by atoms with Crippen LogP contribution in [-0.4, -0.2) is 4.57 Å². The number of para-hydroxylation sites is 1. The molecule has 0 aliphatic rings. The molecule has 0 aliphatic heterocycles. The smallest absolute Gasteiger partial charge is 0.179 e. The highest BCUT2D eigenvalue weighted by Crippen LogP contribution is 2.41. The third-order valence-electron chi connectivity index (χ3n) is 7.77. The Balaban J connectivity index is 1.45. The first-order chi connectivity index (χ1) is 19.7. The number of nitrogens with zero attached hydrogens (tertiary/aromatic N) is 3. The number of aromatic nitrogens is 1. The second kappa shape index (κ2) is 8.33. The molecule has 2 heterocycles. The number of hydrogen-bond donors (Lipinski definition) is 0. The summed E-state index contributed by atoms with van der Waals surface area (Å²) < 4.78 is 8.24. The summed E-state index contributed by atoms with van der Waals surface area (Å²) in [5.74, 6) is 0. The van der Waals surface area contributed by atoms with Gasteiger partial charge in [0.15, 0.2) is 11.4 Å². The summed E-state index contributed by atoms with van der Waals surface area (Å²) in [5.41, 5.74) is 7.80. The molecule has 0 bridgehead atoms. The van der Waals surface area contributed by atoms with Gasteiger partial charge < -0.3 is 8.98 Å². The number of furan rings is 1. The lowest BCUT2D eigenvalue weighted by Gasteiger charge is -2.10. The highest BCUT2D eigenvalue weighted by Gasteiger charge is 2.17. The maximum absolute atomic E-state index is 7.60. The van der Waals surface area contributed by atoms with Crippen molar-refractivity contribution in [3.63, 3.8) is 0 Å². The van der Waals surface area contributed by atoms with Gasteiger partial charge in [0.2, 0.25) is 0 Å². The average Bonchev–Trinajstić information content (AvgIpc) is 3.55. The second-order valence-electron chi connectivity index (χ2n) is 9.99. The van der Waals surface area contributed by atoms with Gasteiger partial charge in [0.25, 0.3) is 0 Å². The lowest BCUT2D eigenvalue weighted by Crippen LogP contribution is -1.93. The van der Waals surface area contributed by atoms with Crippen LogP contribution in [0.2, 0.25) is 0 Å². The average molecular weight is 510 g/mol. The minimum absolute atomic E-state index is 0.455. The Morgan fingerprint density at radius 3 is 1.98 bits per heavy atom. The molecule has 4 nitrogen and oxygen atoms in total. The molecule has 0 atom stereocenters. The van der Waals surface area contributed by atoms with Gasteiger partial charge in [-0.15, -0.1) is 0 Å². The molecule has 0 N–H and O–H groups in total. The van der Waals surface area contributed by atoms with Crippen LogP contribution in [0.3, 0.4) is 0 Å². The van der Waals surface area contributed by atoms with E-state index in [4.69, 9.17) is 17.6 Å². The number of benzene rings is 6. The van der Waals surface area contributed by atoms with E-state index in [0.29, 0.717) is 11.4 Å². The summed E-state index contributed by atoms with van der Waals surface area (Å²) in [7, 11) is 0. The Kier molecular flexibility index (Phi) is 4.62. The van der Waals surface area contributed by atoms with Crippen molar-refractivity contribution in [2.75, 3.05) is 0 Å². The topological polar surface area (TPSA) is 26.8 Å². The highest BCUT2D eigenvalue weighted by molar-refractivity contribution is 6.22. The fourth-order valence-corrected chi connectivity index (χ4v) is 5.99. The number of fused-ring (bicyclic) bond motifs is 8. The van der Waals surface area contributed by atoms with Gasteiger partial charge >= 0.3 is 0 Å². The zero-order chi connectivity index (χ0) is 26.8. The monoisotopic (exact) mass is 509 g/mol. The van der Waals surface area contributed by atoms with Gasteiger partial charge in [-0.25, -0.2) is 9.69 Å². The van der Waals surface area contributed by atoms with Crippen LogP contribution in [-0.2, 0) is 0 Å². The quantitative estimate of drug-likeness (QED) is 0.213. The van der Waals surface area contributed by atoms with Crippen LogP contribution in [0.25, 0.3) is 81.0 Å². The van der Waals surface area contributed by atoms with Gasteiger partial charge in [0.1, 0.15) is 11.2 Å². The SMILES string of the molecule is [C-]#[N+]c1cc([N+]#[C-])cc(-n2c3ccc(-c4ccc5oc6ccccc6c5c4)cc3c3c4ccccc4ccc32)c1. The molecule has 8 aromatic rings. The van der Waals surface area contributed by atoms with Gasteiger partial charge in [-0.3, -0.25) is 0 Å². The standard InChI is InChI=1S/C36H19N3O/c1-37-25-19-26(38-2)21-27(20-25)39-32-14-12-23(18-31(32)36-28-8-4-3-7-22(28)11-15-33(36)39)24-13-16-35-30(17-24)29-9-5-6-10-34(29)40-35/h3-21H. The van der Waals surface area contributed by atoms with E-state index in [1.807, 2.05) is 30.3 Å². The Hall–Kier alpha value is -5.84. The lowest BCUT2D eigenvalue weighted by molar-refractivity contribution is 0.669. The zero-order valence-electron chi connectivity index (χ0n) is 21.2. The number of hydrogen-bond acceptors (Lipinski definition) is 1. The predicted molar refractivity (Wildman–Crippen MR) is 164 cm³/mol. The van der Waals surface area contributed by atoms with Crippen LogP contribution >= 0.6 is 0 Å². The molecule has 0 saturated heterocycles. The molecule has 2 aromatic heterocycles. The zero-order valence-corrected chi connectivity index (χ0v) is 21.2. The fourth-order valence-electron chi connectivity index (χ4n) is 5.99. The second-order valence-corrected chi connectivity index (χ2v) is 9.99. The summed E-state index contributed by atoms with van der Waals surface area (Å²) in [4.78, 5) is 7.28. The summed E-state index contributed by atoms with van der Waals surface area (Å²) in [6, 6.07) is 39.2. The maximum atomic E-state index is 7.60. The van der Waals surface area contributed by atoms with Crippen molar-refractivity contribution in [3.8, 4) is 16.8 Å². The summed E-state index contributed by atoms with van der Waals surface area (Å²) >= 11 is 0. The highest BCUT2D eigenvalue weighted by atomic mass is 16.3. The van der Waals surface area contributed by atoms with E-state index in [9.17, 15) is 0 Å². The van der Waals surface area contributed by atoms with Gasteiger partial charge in [-0.05, 0) is 70.4 Å². The fraction of sp³-hybridized carbons (Fsp3) is 0. The van der Waals surface area contributed by atoms with Crippen LogP contribution in [0.5, 0.6) is 0 Å². The van der Waals surface area contributed by atoms with Gasteiger partial charge in [-0.1, -0.05) is 66.7 Å². The van der Waals surface area contributed by atoms with Crippen molar-refractivity contribution >= 4 is 65.9 Å². The Labute approximate surface area is 229 Å². The summed E-state index contributed by atoms with van der Waals surface area (Å²) in [6.07, 6.45) is 0. The van der Waals surface area contributed by atoms with Crippen molar-refractivity contribution in [3.05, 3.63) is 138 Å². The van der Waals surface area contributed by atoms with Gasteiger partial charge in [-0.2, -0.15) is 0 Å². The van der Waals surface area contributed by atoms with Crippen molar-refractivity contribution in [1.82, 2.24) is 4.57 Å². The third-order valence-corrected chi connectivity index (χ3v) is 7.77. The van der Waals surface area contributed by atoms with Crippen LogP contribution < -0.4 is 0 Å². The van der Waals surface area contributed by atoms with Crippen LogP contribution in [0, 0.1) is 13.1 Å². The minimum Gasteiger partial charge on any atom is -0.456 e. The normalized spacial score (nSPS) is 11.4. The third kappa shape index (κ3) is 3.18. The molecule has 0 radical (unpaired) electrons. The molecule has 184 valence electrons. The van der Waals surface area contributed by atoms with Crippen LogP contribution in [0.1, 0.15) is 0 Å². The molecule has 40 heavy (non-hydrogen) atoms. The summed E-state index contributed by atoms with van der Waals surface area (Å²) in [6.45, 7) is 15.2.